The number of carbonyl (C=O) groups excluding carboxylic acids is 1. The Labute approximate surface area is 163 Å². The van der Waals surface area contributed by atoms with Crippen molar-refractivity contribution in [2.75, 3.05) is 32.8 Å². The van der Waals surface area contributed by atoms with Crippen LogP contribution < -0.4 is 5.32 Å². The summed E-state index contributed by atoms with van der Waals surface area (Å²) >= 11 is 0. The molecule has 27 heavy (non-hydrogen) atoms. The quantitative estimate of drug-likeness (QED) is 0.858. The van der Waals surface area contributed by atoms with Crippen LogP contribution in [-0.4, -0.2) is 59.2 Å². The van der Waals surface area contributed by atoms with Crippen molar-refractivity contribution in [3.8, 4) is 0 Å². The van der Waals surface area contributed by atoms with E-state index in [4.69, 9.17) is 4.74 Å². The molecule has 2 fully saturated rings. The predicted octanol–water partition coefficient (Wildman–Crippen LogP) is 2.74. The van der Waals surface area contributed by atoms with Crippen molar-refractivity contribution >= 4 is 5.91 Å². The number of nitrogens with one attached hydrogen (secondary N) is 1. The Morgan fingerprint density at radius 3 is 2.63 bits per heavy atom. The van der Waals surface area contributed by atoms with Crippen molar-refractivity contribution in [2.45, 2.75) is 59.0 Å². The van der Waals surface area contributed by atoms with E-state index in [1.54, 1.807) is 6.07 Å². The Morgan fingerprint density at radius 1 is 1.22 bits per heavy atom. The van der Waals surface area contributed by atoms with Crippen molar-refractivity contribution < 1.29 is 9.53 Å². The number of rotatable bonds is 5. The number of likely N-dealkylation sites (tertiary alicyclic amines) is 1. The van der Waals surface area contributed by atoms with Crippen molar-refractivity contribution in [2.24, 2.45) is 11.8 Å². The molecule has 1 N–H and O–H groups in total. The third kappa shape index (κ3) is 5.98. The Balaban J connectivity index is 1.40. The van der Waals surface area contributed by atoms with E-state index in [9.17, 15) is 4.79 Å². The van der Waals surface area contributed by atoms with Crippen LogP contribution in [0, 0.1) is 25.7 Å². The Kier molecular flexibility index (Phi) is 6.48. The summed E-state index contributed by atoms with van der Waals surface area (Å²) in [6.45, 7) is 13.2. The predicted molar refractivity (Wildman–Crippen MR) is 106 cm³/mol. The molecule has 3 heterocycles. The van der Waals surface area contributed by atoms with E-state index in [2.05, 4.69) is 34.0 Å². The molecule has 0 bridgehead atoms. The molecule has 6 nitrogen and oxygen atoms in total. The largest absolute Gasteiger partial charge is 0.376 e. The lowest BCUT2D eigenvalue weighted by Gasteiger charge is -2.39. The lowest BCUT2D eigenvalue weighted by atomic mass is 9.87. The second-order valence-electron chi connectivity index (χ2n) is 8.86. The van der Waals surface area contributed by atoms with Crippen molar-refractivity contribution in [1.29, 1.82) is 0 Å². The van der Waals surface area contributed by atoms with Gasteiger partial charge in [0.2, 0.25) is 0 Å². The molecule has 1 unspecified atom stereocenters. The fourth-order valence-electron chi connectivity index (χ4n) is 4.41. The van der Waals surface area contributed by atoms with Crippen molar-refractivity contribution in [1.82, 2.24) is 20.2 Å². The van der Waals surface area contributed by atoms with Gasteiger partial charge in [-0.3, -0.25) is 4.79 Å². The van der Waals surface area contributed by atoms with Crippen LogP contribution in [0.3, 0.4) is 0 Å². The Hall–Kier alpha value is -1.53. The zero-order valence-electron chi connectivity index (χ0n) is 17.3. The first kappa shape index (κ1) is 20.2. The number of piperidine rings is 1. The Bertz CT molecular complexity index is 633. The first-order valence-electron chi connectivity index (χ1n) is 10.3. The molecular formula is C21H34N4O2. The van der Waals surface area contributed by atoms with Crippen LogP contribution in [0.25, 0.3) is 0 Å². The summed E-state index contributed by atoms with van der Waals surface area (Å²) in [7, 11) is 0. The molecule has 0 spiro atoms. The monoisotopic (exact) mass is 374 g/mol. The normalized spacial score (nSPS) is 23.9. The van der Waals surface area contributed by atoms with Crippen molar-refractivity contribution in [3.05, 3.63) is 23.3 Å². The number of aryl methyl sites for hydroxylation is 2. The molecule has 0 radical (unpaired) electrons. The maximum atomic E-state index is 12.4. The summed E-state index contributed by atoms with van der Waals surface area (Å²) < 4.78 is 5.84. The minimum Gasteiger partial charge on any atom is -0.376 e. The van der Waals surface area contributed by atoms with Crippen LogP contribution in [0.4, 0.5) is 0 Å². The summed E-state index contributed by atoms with van der Waals surface area (Å²) in [5, 5.41) is 3.07. The first-order chi connectivity index (χ1) is 12.8. The van der Waals surface area contributed by atoms with Gasteiger partial charge in [-0.2, -0.15) is 0 Å². The summed E-state index contributed by atoms with van der Waals surface area (Å²) in [5.41, 5.74) is 1.33. The second-order valence-corrected chi connectivity index (χ2v) is 8.86. The first-order valence-corrected chi connectivity index (χ1v) is 10.3. The number of hydrogen-bond acceptors (Lipinski definition) is 5. The van der Waals surface area contributed by atoms with E-state index >= 15 is 0 Å². The second kappa shape index (κ2) is 8.65. The summed E-state index contributed by atoms with van der Waals surface area (Å²) in [4.78, 5) is 23.4. The van der Waals surface area contributed by atoms with Crippen molar-refractivity contribution in [3.63, 3.8) is 0 Å². The van der Waals surface area contributed by atoms with E-state index < -0.39 is 0 Å². The van der Waals surface area contributed by atoms with Gasteiger partial charge in [0, 0.05) is 25.4 Å². The molecule has 0 aromatic carbocycles. The zero-order chi connectivity index (χ0) is 19.4. The standard InChI is InChI=1S/C21H34N4O2/c1-15-11-19(24-16(2)23-15)20(26)22-13-17-5-8-25(9-6-17)14-18-7-10-27-21(3,4)12-18/h11,17-18H,5-10,12-14H2,1-4H3,(H,22,26). The fraction of sp³-hybridized carbons (Fsp3) is 0.762. The average Bonchev–Trinajstić information content (AvgIpc) is 2.59. The van der Waals surface area contributed by atoms with E-state index in [-0.39, 0.29) is 11.5 Å². The van der Waals surface area contributed by atoms with Gasteiger partial charge in [0.1, 0.15) is 11.5 Å². The maximum absolute atomic E-state index is 12.4. The molecular weight excluding hydrogens is 340 g/mol. The van der Waals surface area contributed by atoms with Gasteiger partial charge in [0.15, 0.2) is 0 Å². The lowest BCUT2D eigenvalue weighted by Crippen LogP contribution is -2.43. The molecule has 6 heteroatoms. The topological polar surface area (TPSA) is 67.4 Å². The molecule has 1 aromatic rings. The summed E-state index contributed by atoms with van der Waals surface area (Å²) in [6, 6.07) is 1.75. The minimum absolute atomic E-state index is 0.0310. The van der Waals surface area contributed by atoms with Gasteiger partial charge in [-0.15, -0.1) is 0 Å². The molecule has 3 rings (SSSR count). The van der Waals surface area contributed by atoms with Crippen LogP contribution >= 0.6 is 0 Å². The minimum atomic E-state index is -0.0875. The van der Waals surface area contributed by atoms with Gasteiger partial charge >= 0.3 is 0 Å². The third-order valence-corrected chi connectivity index (χ3v) is 5.77. The molecule has 1 aromatic heterocycles. The van der Waals surface area contributed by atoms with Gasteiger partial charge in [0.25, 0.3) is 5.91 Å². The highest BCUT2D eigenvalue weighted by atomic mass is 16.5. The highest BCUT2D eigenvalue weighted by molar-refractivity contribution is 5.92. The molecule has 1 atom stereocenters. The molecule has 150 valence electrons. The van der Waals surface area contributed by atoms with Crippen LogP contribution in [-0.2, 0) is 4.74 Å². The van der Waals surface area contributed by atoms with Crippen LogP contribution in [0.5, 0.6) is 0 Å². The van der Waals surface area contributed by atoms with Gasteiger partial charge in [0.05, 0.1) is 5.60 Å². The molecule has 0 aliphatic carbocycles. The molecule has 2 saturated heterocycles. The average molecular weight is 375 g/mol. The molecule has 2 aliphatic heterocycles. The van der Waals surface area contributed by atoms with Crippen LogP contribution in [0.15, 0.2) is 6.07 Å². The fourth-order valence-corrected chi connectivity index (χ4v) is 4.41. The van der Waals surface area contributed by atoms with Crippen LogP contribution in [0.2, 0.25) is 0 Å². The number of aromatic nitrogens is 2. The maximum Gasteiger partial charge on any atom is 0.270 e. The number of nitrogens with zero attached hydrogens (tertiary/aromatic N) is 3. The molecule has 2 aliphatic rings. The number of hydrogen-bond donors (Lipinski definition) is 1. The smallest absolute Gasteiger partial charge is 0.270 e. The summed E-state index contributed by atoms with van der Waals surface area (Å²) in [5.74, 6) is 1.86. The van der Waals surface area contributed by atoms with Gasteiger partial charge in [-0.05, 0) is 84.4 Å². The summed E-state index contributed by atoms with van der Waals surface area (Å²) in [6.07, 6.45) is 4.63. The number of ether oxygens (including phenoxy) is 1. The van der Waals surface area contributed by atoms with E-state index in [0.717, 1.165) is 57.1 Å². The van der Waals surface area contributed by atoms with Gasteiger partial charge in [-0.1, -0.05) is 0 Å². The molecule has 1 amide bonds. The van der Waals surface area contributed by atoms with Gasteiger partial charge < -0.3 is 15.0 Å². The van der Waals surface area contributed by atoms with Gasteiger partial charge in [-0.25, -0.2) is 9.97 Å². The van der Waals surface area contributed by atoms with E-state index in [0.29, 0.717) is 17.4 Å². The molecule has 0 saturated carbocycles. The zero-order valence-corrected chi connectivity index (χ0v) is 17.3. The number of amides is 1. The lowest BCUT2D eigenvalue weighted by molar-refractivity contribution is -0.0777. The highest BCUT2D eigenvalue weighted by Crippen LogP contribution is 2.30. The van der Waals surface area contributed by atoms with Crippen LogP contribution in [0.1, 0.15) is 61.5 Å². The Morgan fingerprint density at radius 2 is 1.96 bits per heavy atom. The van der Waals surface area contributed by atoms with E-state index in [1.807, 2.05) is 13.8 Å². The van der Waals surface area contributed by atoms with E-state index in [1.165, 1.54) is 13.0 Å². The number of carbonyl (C=O) groups is 1. The third-order valence-electron chi connectivity index (χ3n) is 5.77. The highest BCUT2D eigenvalue weighted by Gasteiger charge is 2.30. The SMILES string of the molecule is Cc1cc(C(=O)NCC2CCN(CC3CCOC(C)(C)C3)CC2)nc(C)n1.